The Hall–Kier alpha value is -1.35. The van der Waals surface area contributed by atoms with E-state index in [1.165, 1.54) is 5.56 Å². The van der Waals surface area contributed by atoms with E-state index in [2.05, 4.69) is 55.3 Å². The molecule has 0 saturated carbocycles. The van der Waals surface area contributed by atoms with Gasteiger partial charge in [0.1, 0.15) is 0 Å². The number of nitrogens with one attached hydrogen (secondary N) is 1. The van der Waals surface area contributed by atoms with Crippen molar-refractivity contribution in [1.82, 2.24) is 10.2 Å². The number of rotatable bonds is 7. The van der Waals surface area contributed by atoms with Gasteiger partial charge in [-0.1, -0.05) is 44.2 Å². The highest BCUT2D eigenvalue weighted by Crippen LogP contribution is 2.18. The van der Waals surface area contributed by atoms with Crippen molar-refractivity contribution < 1.29 is 4.79 Å². The number of carbonyl (C=O) groups is 1. The summed E-state index contributed by atoms with van der Waals surface area (Å²) in [5.41, 5.74) is 1.34. The summed E-state index contributed by atoms with van der Waals surface area (Å²) in [5.74, 6) is 1.17. The number of likely N-dealkylation sites (tertiary alicyclic amines) is 1. The molecule has 23 heavy (non-hydrogen) atoms. The average Bonchev–Trinajstić information content (AvgIpc) is 2.54. The van der Waals surface area contributed by atoms with Gasteiger partial charge in [-0.2, -0.15) is 0 Å². The minimum atomic E-state index is 0.206. The van der Waals surface area contributed by atoms with E-state index in [1.807, 2.05) is 6.07 Å². The SMILES string of the molecule is CC(C)CN1CCC(C(=O)NC(C)CCc2ccccc2)CC1. The number of aryl methyl sites for hydroxylation is 1. The molecule has 1 aliphatic heterocycles. The van der Waals surface area contributed by atoms with Crippen LogP contribution in [0.4, 0.5) is 0 Å². The monoisotopic (exact) mass is 316 g/mol. The van der Waals surface area contributed by atoms with Crippen LogP contribution in [0, 0.1) is 11.8 Å². The Labute approximate surface area is 141 Å². The van der Waals surface area contributed by atoms with Crippen LogP contribution in [0.3, 0.4) is 0 Å². The summed E-state index contributed by atoms with van der Waals surface area (Å²) < 4.78 is 0. The molecule has 0 spiro atoms. The summed E-state index contributed by atoms with van der Waals surface area (Å²) in [6.45, 7) is 9.92. The van der Waals surface area contributed by atoms with Gasteiger partial charge in [-0.15, -0.1) is 0 Å². The molecule has 0 aromatic heterocycles. The Balaban J connectivity index is 1.68. The number of carbonyl (C=O) groups excluding carboxylic acids is 1. The second-order valence-electron chi connectivity index (χ2n) is 7.40. The molecule has 1 unspecified atom stereocenters. The topological polar surface area (TPSA) is 32.3 Å². The molecule has 128 valence electrons. The van der Waals surface area contributed by atoms with Crippen LogP contribution in [-0.2, 0) is 11.2 Å². The number of nitrogens with zero attached hydrogens (tertiary/aromatic N) is 1. The van der Waals surface area contributed by atoms with Gasteiger partial charge in [0.05, 0.1) is 0 Å². The third-order valence-corrected chi connectivity index (χ3v) is 4.68. The summed E-state index contributed by atoms with van der Waals surface area (Å²) >= 11 is 0. The summed E-state index contributed by atoms with van der Waals surface area (Å²) in [5, 5.41) is 3.22. The second kappa shape index (κ2) is 9.07. The van der Waals surface area contributed by atoms with Crippen LogP contribution in [0.1, 0.15) is 45.6 Å². The molecule has 1 aromatic rings. The van der Waals surface area contributed by atoms with Crippen molar-refractivity contribution in [3.63, 3.8) is 0 Å². The van der Waals surface area contributed by atoms with Crippen molar-refractivity contribution in [2.45, 2.75) is 52.5 Å². The Bertz CT molecular complexity index is 464. The van der Waals surface area contributed by atoms with E-state index in [9.17, 15) is 4.79 Å². The molecule has 2 rings (SSSR count). The zero-order valence-corrected chi connectivity index (χ0v) is 14.9. The maximum Gasteiger partial charge on any atom is 0.223 e. The zero-order valence-electron chi connectivity index (χ0n) is 14.9. The van der Waals surface area contributed by atoms with Gasteiger partial charge in [0.25, 0.3) is 0 Å². The highest BCUT2D eigenvalue weighted by atomic mass is 16.1. The van der Waals surface area contributed by atoms with E-state index in [0.29, 0.717) is 5.92 Å². The highest BCUT2D eigenvalue weighted by molar-refractivity contribution is 5.79. The molecule has 1 fully saturated rings. The Kier molecular flexibility index (Phi) is 7.10. The van der Waals surface area contributed by atoms with E-state index < -0.39 is 0 Å². The van der Waals surface area contributed by atoms with Gasteiger partial charge < -0.3 is 10.2 Å². The van der Waals surface area contributed by atoms with Crippen LogP contribution < -0.4 is 5.32 Å². The molecule has 1 saturated heterocycles. The zero-order chi connectivity index (χ0) is 16.7. The molecule has 1 N–H and O–H groups in total. The smallest absolute Gasteiger partial charge is 0.223 e. The van der Waals surface area contributed by atoms with Crippen molar-refractivity contribution in [2.75, 3.05) is 19.6 Å². The molecule has 1 aromatic carbocycles. The lowest BCUT2D eigenvalue weighted by atomic mass is 9.94. The Morgan fingerprint density at radius 3 is 2.43 bits per heavy atom. The fourth-order valence-corrected chi connectivity index (χ4v) is 3.35. The van der Waals surface area contributed by atoms with Crippen LogP contribution in [0.2, 0.25) is 0 Å². The first-order valence-electron chi connectivity index (χ1n) is 9.11. The van der Waals surface area contributed by atoms with Gasteiger partial charge in [-0.3, -0.25) is 4.79 Å². The average molecular weight is 316 g/mol. The van der Waals surface area contributed by atoms with Crippen LogP contribution in [0.15, 0.2) is 30.3 Å². The first-order chi connectivity index (χ1) is 11.0. The molecule has 1 amide bonds. The molecule has 1 atom stereocenters. The predicted octanol–water partition coefficient (Wildman–Crippen LogP) is 3.49. The van der Waals surface area contributed by atoms with E-state index >= 15 is 0 Å². The van der Waals surface area contributed by atoms with Gasteiger partial charge in [0.2, 0.25) is 5.91 Å². The predicted molar refractivity (Wildman–Crippen MR) is 96.4 cm³/mol. The molecule has 0 radical (unpaired) electrons. The molecule has 3 heteroatoms. The number of piperidine rings is 1. The number of hydrogen-bond donors (Lipinski definition) is 1. The largest absolute Gasteiger partial charge is 0.353 e. The van der Waals surface area contributed by atoms with Gasteiger partial charge >= 0.3 is 0 Å². The van der Waals surface area contributed by atoms with Crippen LogP contribution in [0.5, 0.6) is 0 Å². The number of hydrogen-bond acceptors (Lipinski definition) is 2. The number of amides is 1. The van der Waals surface area contributed by atoms with Crippen LogP contribution in [0.25, 0.3) is 0 Å². The standard InChI is InChI=1S/C20H32N2O/c1-16(2)15-22-13-11-19(12-14-22)20(23)21-17(3)9-10-18-7-5-4-6-8-18/h4-8,16-17,19H,9-15H2,1-3H3,(H,21,23). The third-order valence-electron chi connectivity index (χ3n) is 4.68. The first-order valence-corrected chi connectivity index (χ1v) is 9.11. The normalized spacial score (nSPS) is 18.1. The van der Waals surface area contributed by atoms with Gasteiger partial charge in [-0.25, -0.2) is 0 Å². The molecular weight excluding hydrogens is 284 g/mol. The summed E-state index contributed by atoms with van der Waals surface area (Å²) in [4.78, 5) is 14.9. The molecular formula is C20H32N2O. The molecule has 0 bridgehead atoms. The maximum absolute atomic E-state index is 12.4. The fourth-order valence-electron chi connectivity index (χ4n) is 3.35. The van der Waals surface area contributed by atoms with Gasteiger partial charge in [-0.05, 0) is 57.2 Å². The molecule has 3 nitrogen and oxygen atoms in total. The van der Waals surface area contributed by atoms with Gasteiger partial charge in [0.15, 0.2) is 0 Å². The molecule has 1 heterocycles. The summed E-state index contributed by atoms with van der Waals surface area (Å²) in [6.07, 6.45) is 4.03. The lowest BCUT2D eigenvalue weighted by Gasteiger charge is -2.32. The first kappa shape index (κ1) is 18.0. The van der Waals surface area contributed by atoms with Crippen molar-refractivity contribution in [2.24, 2.45) is 11.8 Å². The third kappa shape index (κ3) is 6.34. The van der Waals surface area contributed by atoms with Crippen molar-refractivity contribution in [1.29, 1.82) is 0 Å². The maximum atomic E-state index is 12.4. The van der Waals surface area contributed by atoms with Crippen molar-refractivity contribution in [3.8, 4) is 0 Å². The van der Waals surface area contributed by atoms with E-state index in [0.717, 1.165) is 45.3 Å². The lowest BCUT2D eigenvalue weighted by Crippen LogP contribution is -2.43. The number of benzene rings is 1. The summed E-state index contributed by atoms with van der Waals surface area (Å²) in [7, 11) is 0. The van der Waals surface area contributed by atoms with Crippen LogP contribution >= 0.6 is 0 Å². The van der Waals surface area contributed by atoms with Crippen LogP contribution in [-0.4, -0.2) is 36.5 Å². The summed E-state index contributed by atoms with van der Waals surface area (Å²) in [6, 6.07) is 10.7. The minimum Gasteiger partial charge on any atom is -0.353 e. The lowest BCUT2D eigenvalue weighted by molar-refractivity contribution is -0.127. The molecule has 0 aliphatic carbocycles. The van der Waals surface area contributed by atoms with E-state index in [1.54, 1.807) is 0 Å². The Morgan fingerprint density at radius 1 is 1.17 bits per heavy atom. The van der Waals surface area contributed by atoms with E-state index in [-0.39, 0.29) is 17.9 Å². The van der Waals surface area contributed by atoms with Crippen molar-refractivity contribution in [3.05, 3.63) is 35.9 Å². The van der Waals surface area contributed by atoms with Crippen molar-refractivity contribution >= 4 is 5.91 Å². The fraction of sp³-hybridized carbons (Fsp3) is 0.650. The highest BCUT2D eigenvalue weighted by Gasteiger charge is 2.25. The second-order valence-corrected chi connectivity index (χ2v) is 7.40. The molecule has 1 aliphatic rings. The van der Waals surface area contributed by atoms with E-state index in [4.69, 9.17) is 0 Å². The van der Waals surface area contributed by atoms with Gasteiger partial charge in [0, 0.05) is 18.5 Å². The minimum absolute atomic E-state index is 0.206. The Morgan fingerprint density at radius 2 is 1.83 bits per heavy atom. The quantitative estimate of drug-likeness (QED) is 0.835.